The van der Waals surface area contributed by atoms with E-state index in [1.54, 1.807) is 59.4 Å². The summed E-state index contributed by atoms with van der Waals surface area (Å²) in [5.74, 6) is 0.635. The summed E-state index contributed by atoms with van der Waals surface area (Å²) in [7, 11) is 0. The van der Waals surface area contributed by atoms with E-state index in [1.165, 1.54) is 6.20 Å². The van der Waals surface area contributed by atoms with Crippen molar-refractivity contribution in [1.82, 2.24) is 9.78 Å². The molecule has 0 radical (unpaired) electrons. The van der Waals surface area contributed by atoms with Crippen molar-refractivity contribution < 1.29 is 9.53 Å². The molecule has 8 heteroatoms. The summed E-state index contributed by atoms with van der Waals surface area (Å²) < 4.78 is 7.12. The van der Waals surface area contributed by atoms with Crippen molar-refractivity contribution in [3.8, 4) is 5.75 Å². The molecule has 0 aliphatic rings. The molecule has 0 fully saturated rings. The second-order valence-electron chi connectivity index (χ2n) is 5.09. The summed E-state index contributed by atoms with van der Waals surface area (Å²) in [4.78, 5) is 12.0. The average Bonchev–Trinajstić information content (AvgIpc) is 3.00. The van der Waals surface area contributed by atoms with Gasteiger partial charge in [0.25, 0.3) is 0 Å². The van der Waals surface area contributed by atoms with Crippen LogP contribution in [0.3, 0.4) is 0 Å². The third-order valence-electron chi connectivity index (χ3n) is 3.13. The number of nitrogens with one attached hydrogen (secondary N) is 2. The Kier molecular flexibility index (Phi) is 5.42. The van der Waals surface area contributed by atoms with Crippen LogP contribution in [-0.2, 0) is 6.73 Å². The Morgan fingerprint density at radius 3 is 2.52 bits per heavy atom. The van der Waals surface area contributed by atoms with E-state index >= 15 is 0 Å². The molecular formula is C17H14Cl2N4O2. The van der Waals surface area contributed by atoms with Crippen molar-refractivity contribution >= 4 is 40.6 Å². The normalized spacial score (nSPS) is 10.3. The fraction of sp³-hybridized carbons (Fsp3) is 0.0588. The first-order valence-corrected chi connectivity index (χ1v) is 8.08. The molecule has 2 amide bonds. The van der Waals surface area contributed by atoms with Gasteiger partial charge in [-0.05, 0) is 36.4 Å². The minimum atomic E-state index is -0.391. The number of hydrogen-bond donors (Lipinski definition) is 2. The molecule has 0 aliphatic heterocycles. The highest BCUT2D eigenvalue weighted by Crippen LogP contribution is 2.18. The summed E-state index contributed by atoms with van der Waals surface area (Å²) in [5, 5.41) is 10.6. The highest BCUT2D eigenvalue weighted by atomic mass is 35.5. The quantitative estimate of drug-likeness (QED) is 0.667. The third kappa shape index (κ3) is 5.14. The van der Waals surface area contributed by atoms with Crippen LogP contribution in [0.25, 0.3) is 0 Å². The Morgan fingerprint density at radius 1 is 1.04 bits per heavy atom. The minimum absolute atomic E-state index is 0.192. The molecule has 2 N–H and O–H groups in total. The number of rotatable bonds is 5. The predicted octanol–water partition coefficient (Wildman–Crippen LogP) is 4.87. The first kappa shape index (κ1) is 17.1. The third-order valence-corrected chi connectivity index (χ3v) is 3.60. The first-order valence-electron chi connectivity index (χ1n) is 7.33. The van der Waals surface area contributed by atoms with Crippen molar-refractivity contribution in [2.75, 3.05) is 10.6 Å². The summed E-state index contributed by atoms with van der Waals surface area (Å²) in [6.45, 7) is 0.192. The van der Waals surface area contributed by atoms with Gasteiger partial charge in [0.15, 0.2) is 6.73 Å². The van der Waals surface area contributed by atoms with Gasteiger partial charge in [-0.15, -0.1) is 0 Å². The number of hydrogen-bond acceptors (Lipinski definition) is 3. The van der Waals surface area contributed by atoms with Gasteiger partial charge in [-0.1, -0.05) is 35.3 Å². The Hall–Kier alpha value is -2.70. The van der Waals surface area contributed by atoms with Crippen LogP contribution in [0.15, 0.2) is 60.9 Å². The van der Waals surface area contributed by atoms with E-state index in [2.05, 4.69) is 15.7 Å². The topological polar surface area (TPSA) is 68.2 Å². The Bertz CT molecular complexity index is 882. The molecule has 0 atom stereocenters. The molecule has 0 bridgehead atoms. The van der Waals surface area contributed by atoms with Gasteiger partial charge in [-0.25, -0.2) is 9.48 Å². The molecule has 0 spiro atoms. The number of carbonyl (C=O) groups is 1. The lowest BCUT2D eigenvalue weighted by Crippen LogP contribution is -2.19. The fourth-order valence-electron chi connectivity index (χ4n) is 2.06. The molecule has 1 aromatic heterocycles. The lowest BCUT2D eigenvalue weighted by molar-refractivity contribution is 0.221. The van der Waals surface area contributed by atoms with Crippen LogP contribution >= 0.6 is 23.2 Å². The lowest BCUT2D eigenvalue weighted by Gasteiger charge is -2.07. The minimum Gasteiger partial charge on any atom is -0.471 e. The molecule has 1 heterocycles. The smallest absolute Gasteiger partial charge is 0.323 e. The lowest BCUT2D eigenvalue weighted by atomic mass is 10.3. The SMILES string of the molecule is O=C(Nc1cccc(Cl)c1)Nc1cnn(COc2cccc(Cl)c2)c1. The maximum absolute atomic E-state index is 12.0. The average molecular weight is 377 g/mol. The van der Waals surface area contributed by atoms with E-state index in [1.807, 2.05) is 0 Å². The molecular weight excluding hydrogens is 363 g/mol. The van der Waals surface area contributed by atoms with E-state index in [-0.39, 0.29) is 6.73 Å². The highest BCUT2D eigenvalue weighted by Gasteiger charge is 2.06. The van der Waals surface area contributed by atoms with Gasteiger partial charge in [0, 0.05) is 15.7 Å². The van der Waals surface area contributed by atoms with E-state index in [0.29, 0.717) is 27.2 Å². The molecule has 0 saturated carbocycles. The molecule has 2 aromatic carbocycles. The summed E-state index contributed by atoms with van der Waals surface area (Å²) >= 11 is 11.8. The van der Waals surface area contributed by atoms with Gasteiger partial charge in [0.2, 0.25) is 0 Å². The predicted molar refractivity (Wildman–Crippen MR) is 98.4 cm³/mol. The van der Waals surface area contributed by atoms with E-state index in [4.69, 9.17) is 27.9 Å². The van der Waals surface area contributed by atoms with E-state index < -0.39 is 6.03 Å². The second kappa shape index (κ2) is 7.92. The molecule has 25 heavy (non-hydrogen) atoms. The molecule has 0 unspecified atom stereocenters. The number of ether oxygens (including phenoxy) is 1. The summed E-state index contributed by atoms with van der Waals surface area (Å²) in [6, 6.07) is 13.6. The second-order valence-corrected chi connectivity index (χ2v) is 5.96. The van der Waals surface area contributed by atoms with Gasteiger partial charge in [0.1, 0.15) is 5.75 Å². The van der Waals surface area contributed by atoms with Crippen molar-refractivity contribution in [3.05, 3.63) is 71.0 Å². The number of benzene rings is 2. The Labute approximate surface area is 154 Å². The maximum atomic E-state index is 12.0. The van der Waals surface area contributed by atoms with Gasteiger partial charge in [-0.2, -0.15) is 5.10 Å². The molecule has 0 aliphatic carbocycles. The number of nitrogens with zero attached hydrogens (tertiary/aromatic N) is 2. The Balaban J connectivity index is 1.53. The molecule has 0 saturated heterocycles. The van der Waals surface area contributed by atoms with Crippen molar-refractivity contribution in [3.63, 3.8) is 0 Å². The largest absolute Gasteiger partial charge is 0.471 e. The van der Waals surface area contributed by atoms with Crippen molar-refractivity contribution in [2.45, 2.75) is 6.73 Å². The van der Waals surface area contributed by atoms with E-state index in [9.17, 15) is 4.79 Å². The highest BCUT2D eigenvalue weighted by molar-refractivity contribution is 6.31. The van der Waals surface area contributed by atoms with Crippen LogP contribution < -0.4 is 15.4 Å². The molecule has 3 rings (SSSR count). The van der Waals surface area contributed by atoms with Crippen molar-refractivity contribution in [1.29, 1.82) is 0 Å². The first-order chi connectivity index (χ1) is 12.1. The van der Waals surface area contributed by atoms with Crippen LogP contribution in [0.1, 0.15) is 0 Å². The zero-order valence-corrected chi connectivity index (χ0v) is 14.5. The standard InChI is InChI=1S/C17H14Cl2N4O2/c18-12-3-1-5-14(7-12)21-17(24)22-15-9-20-23(10-15)11-25-16-6-2-4-13(19)8-16/h1-10H,11H2,(H2,21,22,24). The number of aromatic nitrogens is 2. The molecule has 128 valence electrons. The number of amides is 2. The fourth-order valence-corrected chi connectivity index (χ4v) is 2.43. The van der Waals surface area contributed by atoms with Gasteiger partial charge in [-0.3, -0.25) is 0 Å². The number of carbonyl (C=O) groups excluding carboxylic acids is 1. The summed E-state index contributed by atoms with van der Waals surface area (Å²) in [6.07, 6.45) is 3.18. The van der Waals surface area contributed by atoms with Crippen LogP contribution in [0.2, 0.25) is 10.0 Å². The van der Waals surface area contributed by atoms with Gasteiger partial charge < -0.3 is 15.4 Å². The molecule has 6 nitrogen and oxygen atoms in total. The van der Waals surface area contributed by atoms with Gasteiger partial charge >= 0.3 is 6.03 Å². The van der Waals surface area contributed by atoms with Crippen LogP contribution in [0, 0.1) is 0 Å². The number of halogens is 2. The van der Waals surface area contributed by atoms with Crippen LogP contribution in [0.4, 0.5) is 16.2 Å². The maximum Gasteiger partial charge on any atom is 0.323 e. The monoisotopic (exact) mass is 376 g/mol. The zero-order chi connectivity index (χ0) is 17.6. The van der Waals surface area contributed by atoms with Gasteiger partial charge in [0.05, 0.1) is 18.1 Å². The summed E-state index contributed by atoms with van der Waals surface area (Å²) in [5.41, 5.74) is 1.14. The number of anilines is 2. The zero-order valence-electron chi connectivity index (χ0n) is 12.9. The van der Waals surface area contributed by atoms with Crippen LogP contribution in [0.5, 0.6) is 5.75 Å². The van der Waals surface area contributed by atoms with Crippen molar-refractivity contribution in [2.24, 2.45) is 0 Å². The number of urea groups is 1. The Morgan fingerprint density at radius 2 is 1.76 bits per heavy atom. The molecule has 3 aromatic rings. The van der Waals surface area contributed by atoms with Crippen LogP contribution in [-0.4, -0.2) is 15.8 Å². The van der Waals surface area contributed by atoms with E-state index in [0.717, 1.165) is 0 Å².